The van der Waals surface area contributed by atoms with E-state index in [1.807, 2.05) is 0 Å². The van der Waals surface area contributed by atoms with E-state index in [1.165, 1.54) is 12.8 Å². The highest BCUT2D eigenvalue weighted by molar-refractivity contribution is 4.99. The summed E-state index contributed by atoms with van der Waals surface area (Å²) < 4.78 is 11.7. The van der Waals surface area contributed by atoms with Gasteiger partial charge in [0.1, 0.15) is 0 Å². The molecule has 3 nitrogen and oxygen atoms in total. The Morgan fingerprint density at radius 3 is 2.44 bits per heavy atom. The smallest absolute Gasteiger partial charge is 0.0677 e. The van der Waals surface area contributed by atoms with E-state index in [-0.39, 0.29) is 11.2 Å². The Labute approximate surface area is 112 Å². The Morgan fingerprint density at radius 2 is 2.00 bits per heavy atom. The first-order chi connectivity index (χ1) is 8.34. The van der Waals surface area contributed by atoms with Gasteiger partial charge in [-0.2, -0.15) is 0 Å². The number of ether oxygens (including phenoxy) is 2. The van der Waals surface area contributed by atoms with Gasteiger partial charge in [0, 0.05) is 25.2 Å². The number of nitrogens with one attached hydrogen (secondary N) is 1. The fraction of sp³-hybridized carbons (Fsp3) is 1.00. The van der Waals surface area contributed by atoms with E-state index < -0.39 is 0 Å². The van der Waals surface area contributed by atoms with Gasteiger partial charge in [0.2, 0.25) is 0 Å². The van der Waals surface area contributed by atoms with Crippen molar-refractivity contribution < 1.29 is 9.47 Å². The summed E-state index contributed by atoms with van der Waals surface area (Å²) in [5.41, 5.74) is -0.0217. The molecule has 2 aliphatic rings. The van der Waals surface area contributed by atoms with Crippen molar-refractivity contribution in [3.05, 3.63) is 0 Å². The van der Waals surface area contributed by atoms with Crippen molar-refractivity contribution in [3.8, 4) is 0 Å². The van der Waals surface area contributed by atoms with Crippen molar-refractivity contribution in [2.75, 3.05) is 20.3 Å². The second-order valence-corrected chi connectivity index (χ2v) is 7.14. The van der Waals surface area contributed by atoms with Gasteiger partial charge in [-0.3, -0.25) is 0 Å². The highest BCUT2D eigenvalue weighted by Gasteiger charge is 2.48. The highest BCUT2D eigenvalue weighted by Crippen LogP contribution is 2.44. The molecule has 0 radical (unpaired) electrons. The third-order valence-corrected chi connectivity index (χ3v) is 4.61. The van der Waals surface area contributed by atoms with Crippen LogP contribution in [0.25, 0.3) is 0 Å². The maximum Gasteiger partial charge on any atom is 0.0677 e. The lowest BCUT2D eigenvalue weighted by Crippen LogP contribution is -2.44. The van der Waals surface area contributed by atoms with Crippen molar-refractivity contribution in [1.82, 2.24) is 5.32 Å². The van der Waals surface area contributed by atoms with Crippen molar-refractivity contribution >= 4 is 0 Å². The number of hydrogen-bond donors (Lipinski definition) is 1. The monoisotopic (exact) mass is 255 g/mol. The third-order valence-electron chi connectivity index (χ3n) is 4.61. The molecule has 0 amide bonds. The summed E-state index contributed by atoms with van der Waals surface area (Å²) in [6.45, 7) is 10.8. The van der Waals surface area contributed by atoms with Gasteiger partial charge < -0.3 is 14.8 Å². The molecule has 0 aromatic heterocycles. The summed E-state index contributed by atoms with van der Waals surface area (Å²) >= 11 is 0. The van der Waals surface area contributed by atoms with Crippen LogP contribution >= 0.6 is 0 Å². The molecule has 2 aliphatic heterocycles. The summed E-state index contributed by atoms with van der Waals surface area (Å²) in [5.74, 6) is 1.31. The normalized spacial score (nSPS) is 35.8. The van der Waals surface area contributed by atoms with Crippen LogP contribution in [0.4, 0.5) is 0 Å². The molecule has 1 N–H and O–H groups in total. The molecule has 3 unspecified atom stereocenters. The molecule has 0 aliphatic carbocycles. The molecular weight excluding hydrogens is 226 g/mol. The second kappa shape index (κ2) is 5.10. The van der Waals surface area contributed by atoms with Crippen molar-refractivity contribution in [2.45, 2.75) is 64.2 Å². The first-order valence-electron chi connectivity index (χ1n) is 7.29. The molecule has 0 saturated carbocycles. The summed E-state index contributed by atoms with van der Waals surface area (Å²) in [4.78, 5) is 0. The van der Waals surface area contributed by atoms with Crippen molar-refractivity contribution in [2.24, 2.45) is 11.8 Å². The van der Waals surface area contributed by atoms with E-state index in [4.69, 9.17) is 9.47 Å². The SMILES string of the molecule is CNC(CC1CCOC1)C1CC(C)(C)OC1(C)C. The predicted octanol–water partition coefficient (Wildman–Crippen LogP) is 2.59. The third kappa shape index (κ3) is 3.06. The molecule has 106 valence electrons. The number of rotatable bonds is 4. The van der Waals surface area contributed by atoms with E-state index in [0.717, 1.165) is 25.6 Å². The van der Waals surface area contributed by atoms with Gasteiger partial charge in [-0.15, -0.1) is 0 Å². The van der Waals surface area contributed by atoms with E-state index in [0.29, 0.717) is 12.0 Å². The van der Waals surface area contributed by atoms with Crippen LogP contribution in [0, 0.1) is 11.8 Å². The van der Waals surface area contributed by atoms with Gasteiger partial charge in [-0.1, -0.05) is 0 Å². The molecule has 0 aromatic carbocycles. The van der Waals surface area contributed by atoms with Crippen LogP contribution in [0.5, 0.6) is 0 Å². The molecule has 3 heteroatoms. The summed E-state index contributed by atoms with van der Waals surface area (Å²) in [7, 11) is 2.09. The first-order valence-corrected chi connectivity index (χ1v) is 7.29. The van der Waals surface area contributed by atoms with E-state index >= 15 is 0 Å². The average molecular weight is 255 g/mol. The van der Waals surface area contributed by atoms with Crippen molar-refractivity contribution in [3.63, 3.8) is 0 Å². The fourth-order valence-electron chi connectivity index (χ4n) is 3.84. The summed E-state index contributed by atoms with van der Waals surface area (Å²) in [6.07, 6.45) is 3.57. The zero-order chi connectivity index (χ0) is 13.4. The molecule has 2 fully saturated rings. The topological polar surface area (TPSA) is 30.5 Å². The molecule has 2 heterocycles. The minimum atomic E-state index is -0.0311. The van der Waals surface area contributed by atoms with Crippen LogP contribution in [0.2, 0.25) is 0 Å². The van der Waals surface area contributed by atoms with Crippen LogP contribution in [0.1, 0.15) is 47.0 Å². The Kier molecular flexibility index (Phi) is 4.05. The van der Waals surface area contributed by atoms with Gasteiger partial charge in [0.15, 0.2) is 0 Å². The molecule has 2 saturated heterocycles. The molecule has 18 heavy (non-hydrogen) atoms. The Hall–Kier alpha value is -0.120. The predicted molar refractivity (Wildman–Crippen MR) is 73.7 cm³/mol. The Balaban J connectivity index is 2.02. The zero-order valence-corrected chi connectivity index (χ0v) is 12.6. The molecule has 2 rings (SSSR count). The first kappa shape index (κ1) is 14.3. The van der Waals surface area contributed by atoms with E-state index in [9.17, 15) is 0 Å². The van der Waals surface area contributed by atoms with E-state index in [2.05, 4.69) is 40.1 Å². The van der Waals surface area contributed by atoms with Crippen LogP contribution in [0.15, 0.2) is 0 Å². The maximum absolute atomic E-state index is 6.22. The largest absolute Gasteiger partial charge is 0.381 e. The average Bonchev–Trinajstić information content (AvgIpc) is 2.80. The van der Waals surface area contributed by atoms with Crippen molar-refractivity contribution in [1.29, 1.82) is 0 Å². The van der Waals surface area contributed by atoms with Gasteiger partial charge in [-0.25, -0.2) is 0 Å². The maximum atomic E-state index is 6.22. The lowest BCUT2D eigenvalue weighted by Gasteiger charge is -2.34. The van der Waals surface area contributed by atoms with Gasteiger partial charge in [-0.05, 0) is 59.9 Å². The molecule has 0 bridgehead atoms. The minimum Gasteiger partial charge on any atom is -0.381 e. The zero-order valence-electron chi connectivity index (χ0n) is 12.6. The molecule has 0 aromatic rings. The quantitative estimate of drug-likeness (QED) is 0.837. The lowest BCUT2D eigenvalue weighted by atomic mass is 9.78. The lowest BCUT2D eigenvalue weighted by molar-refractivity contribution is -0.0781. The van der Waals surface area contributed by atoms with Crippen LogP contribution in [-0.4, -0.2) is 37.5 Å². The second-order valence-electron chi connectivity index (χ2n) is 7.14. The standard InChI is InChI=1S/C15H29NO2/c1-14(2)9-12(15(3,4)18-14)13(16-5)8-11-6-7-17-10-11/h11-13,16H,6-10H2,1-5H3. The van der Waals surface area contributed by atoms with E-state index in [1.54, 1.807) is 0 Å². The van der Waals surface area contributed by atoms with Gasteiger partial charge in [0.05, 0.1) is 11.2 Å². The molecule has 3 atom stereocenters. The van der Waals surface area contributed by atoms with Crippen LogP contribution in [0.3, 0.4) is 0 Å². The summed E-state index contributed by atoms with van der Waals surface area (Å²) in [5, 5.41) is 3.53. The number of hydrogen-bond acceptors (Lipinski definition) is 3. The molecule has 0 spiro atoms. The van der Waals surface area contributed by atoms with Gasteiger partial charge in [0.25, 0.3) is 0 Å². The fourth-order valence-corrected chi connectivity index (χ4v) is 3.84. The highest BCUT2D eigenvalue weighted by atomic mass is 16.5. The Bertz CT molecular complexity index is 282. The van der Waals surface area contributed by atoms with Crippen LogP contribution < -0.4 is 5.32 Å². The Morgan fingerprint density at radius 1 is 1.28 bits per heavy atom. The van der Waals surface area contributed by atoms with Crippen LogP contribution in [-0.2, 0) is 9.47 Å². The minimum absolute atomic E-state index is 0.00937. The van der Waals surface area contributed by atoms with Gasteiger partial charge >= 0.3 is 0 Å². The molecular formula is C15H29NO2. The summed E-state index contributed by atoms with van der Waals surface area (Å²) in [6, 6.07) is 0.536.